The van der Waals surface area contributed by atoms with Crippen LogP contribution < -0.4 is 15.1 Å². The number of hydrogen-bond donors (Lipinski definition) is 1. The van der Waals surface area contributed by atoms with Crippen molar-refractivity contribution in [3.8, 4) is 0 Å². The van der Waals surface area contributed by atoms with Crippen LogP contribution in [0.4, 0.5) is 16.2 Å². The second-order valence-corrected chi connectivity index (χ2v) is 7.32. The van der Waals surface area contributed by atoms with E-state index in [9.17, 15) is 4.79 Å². The fourth-order valence-electron chi connectivity index (χ4n) is 4.00. The zero-order chi connectivity index (χ0) is 18.5. The highest BCUT2D eigenvalue weighted by Crippen LogP contribution is 2.32. The zero-order valence-electron chi connectivity index (χ0n) is 15.8. The molecule has 4 rings (SSSR count). The third kappa shape index (κ3) is 4.25. The maximum Gasteiger partial charge on any atom is 0.322 e. The number of para-hydroxylation sites is 2. The van der Waals surface area contributed by atoms with Gasteiger partial charge in [0.05, 0.1) is 11.4 Å². The number of carbonyl (C=O) groups is 1. The van der Waals surface area contributed by atoms with Gasteiger partial charge in [-0.05, 0) is 43.6 Å². The minimum atomic E-state index is -0.0227. The molecule has 0 unspecified atom stereocenters. The van der Waals surface area contributed by atoms with Gasteiger partial charge in [0, 0.05) is 32.7 Å². The van der Waals surface area contributed by atoms with E-state index in [4.69, 9.17) is 0 Å². The molecule has 0 bridgehead atoms. The van der Waals surface area contributed by atoms with E-state index in [0.29, 0.717) is 6.54 Å². The number of hydrogen-bond acceptors (Lipinski definition) is 3. The summed E-state index contributed by atoms with van der Waals surface area (Å²) in [7, 11) is 0. The molecule has 2 aliphatic heterocycles. The molecule has 2 aliphatic rings. The van der Waals surface area contributed by atoms with Gasteiger partial charge < -0.3 is 15.1 Å². The molecule has 27 heavy (non-hydrogen) atoms. The lowest BCUT2D eigenvalue weighted by atomic mass is 10.1. The summed E-state index contributed by atoms with van der Waals surface area (Å²) in [4.78, 5) is 19.6. The summed E-state index contributed by atoms with van der Waals surface area (Å²) in [5, 5.41) is 3.06. The number of fused-ring (bicyclic) bond motifs is 1. The molecule has 0 spiro atoms. The first kappa shape index (κ1) is 17.9. The van der Waals surface area contributed by atoms with E-state index in [1.165, 1.54) is 25.9 Å². The van der Waals surface area contributed by atoms with E-state index < -0.39 is 0 Å². The fraction of sp³-hybridized carbons (Fsp3) is 0.409. The summed E-state index contributed by atoms with van der Waals surface area (Å²) in [5.74, 6) is 0. The quantitative estimate of drug-likeness (QED) is 0.885. The molecular formula is C22H28N4O. The maximum absolute atomic E-state index is 12.8. The minimum absolute atomic E-state index is 0.0227. The van der Waals surface area contributed by atoms with Gasteiger partial charge in [-0.25, -0.2) is 4.79 Å². The molecule has 0 aliphatic carbocycles. The van der Waals surface area contributed by atoms with Crippen LogP contribution in [0.25, 0.3) is 0 Å². The Hall–Kier alpha value is -2.53. The Bertz CT molecular complexity index is 758. The lowest BCUT2D eigenvalue weighted by Gasteiger charge is -2.38. The van der Waals surface area contributed by atoms with E-state index in [0.717, 1.165) is 43.1 Å². The number of nitrogens with zero attached hydrogens (tertiary/aromatic N) is 3. The molecule has 142 valence electrons. The molecule has 0 aromatic heterocycles. The van der Waals surface area contributed by atoms with Crippen molar-refractivity contribution in [1.29, 1.82) is 0 Å². The predicted molar refractivity (Wildman–Crippen MR) is 110 cm³/mol. The van der Waals surface area contributed by atoms with Crippen LogP contribution in [-0.4, -0.2) is 50.2 Å². The third-order valence-corrected chi connectivity index (χ3v) is 5.52. The van der Waals surface area contributed by atoms with Crippen molar-refractivity contribution < 1.29 is 4.79 Å². The first-order valence-corrected chi connectivity index (χ1v) is 9.97. The van der Waals surface area contributed by atoms with Crippen molar-refractivity contribution in [1.82, 2.24) is 10.2 Å². The Balaban J connectivity index is 1.41. The van der Waals surface area contributed by atoms with Gasteiger partial charge in [0.25, 0.3) is 0 Å². The molecule has 2 amide bonds. The Morgan fingerprint density at radius 2 is 1.52 bits per heavy atom. The Kier molecular flexibility index (Phi) is 5.58. The summed E-state index contributed by atoms with van der Waals surface area (Å²) in [6.45, 7) is 6.73. The number of nitrogens with one attached hydrogen (secondary N) is 1. The number of anilines is 2. The second kappa shape index (κ2) is 8.44. The van der Waals surface area contributed by atoms with E-state index in [1.54, 1.807) is 0 Å². The van der Waals surface area contributed by atoms with Crippen LogP contribution >= 0.6 is 0 Å². The van der Waals surface area contributed by atoms with Crippen molar-refractivity contribution in [3.05, 3.63) is 60.2 Å². The number of rotatable bonds is 5. The molecule has 2 aromatic rings. The van der Waals surface area contributed by atoms with Gasteiger partial charge in [0.15, 0.2) is 0 Å². The van der Waals surface area contributed by atoms with E-state index in [2.05, 4.69) is 33.3 Å². The molecule has 5 nitrogen and oxygen atoms in total. The smallest absolute Gasteiger partial charge is 0.322 e. The normalized spacial score (nSPS) is 17.0. The fourth-order valence-corrected chi connectivity index (χ4v) is 4.00. The van der Waals surface area contributed by atoms with Crippen molar-refractivity contribution in [2.75, 3.05) is 49.1 Å². The Morgan fingerprint density at radius 1 is 0.815 bits per heavy atom. The molecular weight excluding hydrogens is 336 g/mol. The number of amides is 2. The highest BCUT2D eigenvalue weighted by molar-refractivity contribution is 5.96. The monoisotopic (exact) mass is 364 g/mol. The lowest BCUT2D eigenvalue weighted by molar-refractivity contribution is 0.245. The molecule has 5 heteroatoms. The number of benzene rings is 2. The van der Waals surface area contributed by atoms with Crippen LogP contribution in [-0.2, 0) is 6.54 Å². The van der Waals surface area contributed by atoms with Crippen LogP contribution in [0.1, 0.15) is 18.4 Å². The number of urea groups is 1. The first-order valence-electron chi connectivity index (χ1n) is 9.97. The summed E-state index contributed by atoms with van der Waals surface area (Å²) in [6, 6.07) is 18.3. The lowest BCUT2D eigenvalue weighted by Crippen LogP contribution is -2.49. The molecule has 1 saturated heterocycles. The molecule has 1 fully saturated rings. The zero-order valence-corrected chi connectivity index (χ0v) is 15.8. The molecule has 0 atom stereocenters. The summed E-state index contributed by atoms with van der Waals surface area (Å²) < 4.78 is 0. The highest BCUT2D eigenvalue weighted by Gasteiger charge is 2.26. The molecule has 2 aromatic carbocycles. The number of carbonyl (C=O) groups excluding carboxylic acids is 1. The SMILES string of the molecule is O=C(NCc1ccccc1)N1CCN(CCN2CCCC2)c2ccccc21. The third-order valence-electron chi connectivity index (χ3n) is 5.52. The van der Waals surface area contributed by atoms with Gasteiger partial charge in [-0.15, -0.1) is 0 Å². The van der Waals surface area contributed by atoms with Crippen LogP contribution in [0.15, 0.2) is 54.6 Å². The van der Waals surface area contributed by atoms with Gasteiger partial charge in [-0.3, -0.25) is 4.90 Å². The average molecular weight is 364 g/mol. The van der Waals surface area contributed by atoms with Crippen LogP contribution in [0.2, 0.25) is 0 Å². The standard InChI is InChI=1S/C22H28N4O/c27-22(23-18-19-8-2-1-3-9-19)26-17-16-25(15-14-24-12-6-7-13-24)20-10-4-5-11-21(20)26/h1-5,8-11H,6-7,12-18H2,(H,23,27). The second-order valence-electron chi connectivity index (χ2n) is 7.32. The summed E-state index contributed by atoms with van der Waals surface area (Å²) in [5.41, 5.74) is 3.29. The maximum atomic E-state index is 12.8. The Morgan fingerprint density at radius 3 is 2.30 bits per heavy atom. The molecule has 1 N–H and O–H groups in total. The Labute approximate surface area is 161 Å². The van der Waals surface area contributed by atoms with E-state index in [1.807, 2.05) is 41.3 Å². The molecule has 0 radical (unpaired) electrons. The van der Waals surface area contributed by atoms with Gasteiger partial charge in [0.2, 0.25) is 0 Å². The molecule has 2 heterocycles. The van der Waals surface area contributed by atoms with Crippen molar-refractivity contribution in [2.45, 2.75) is 19.4 Å². The van der Waals surface area contributed by atoms with Gasteiger partial charge in [-0.1, -0.05) is 42.5 Å². The highest BCUT2D eigenvalue weighted by atomic mass is 16.2. The van der Waals surface area contributed by atoms with Crippen LogP contribution in [0.5, 0.6) is 0 Å². The topological polar surface area (TPSA) is 38.8 Å². The predicted octanol–water partition coefficient (Wildman–Crippen LogP) is 3.32. The first-order chi connectivity index (χ1) is 13.3. The minimum Gasteiger partial charge on any atom is -0.367 e. The van der Waals surface area contributed by atoms with Gasteiger partial charge in [0.1, 0.15) is 0 Å². The van der Waals surface area contributed by atoms with Crippen LogP contribution in [0.3, 0.4) is 0 Å². The summed E-state index contributed by atoms with van der Waals surface area (Å²) >= 11 is 0. The van der Waals surface area contributed by atoms with Crippen molar-refractivity contribution in [3.63, 3.8) is 0 Å². The summed E-state index contributed by atoms with van der Waals surface area (Å²) in [6.07, 6.45) is 2.65. The van der Waals surface area contributed by atoms with Crippen molar-refractivity contribution >= 4 is 17.4 Å². The van der Waals surface area contributed by atoms with Gasteiger partial charge in [-0.2, -0.15) is 0 Å². The largest absolute Gasteiger partial charge is 0.367 e. The molecule has 0 saturated carbocycles. The average Bonchev–Trinajstić information content (AvgIpc) is 3.24. The van der Waals surface area contributed by atoms with Crippen LogP contribution in [0, 0.1) is 0 Å². The van der Waals surface area contributed by atoms with E-state index >= 15 is 0 Å². The van der Waals surface area contributed by atoms with Crippen molar-refractivity contribution in [2.24, 2.45) is 0 Å². The number of likely N-dealkylation sites (tertiary alicyclic amines) is 1. The van der Waals surface area contributed by atoms with E-state index in [-0.39, 0.29) is 6.03 Å². The van der Waals surface area contributed by atoms with Gasteiger partial charge >= 0.3 is 6.03 Å².